The van der Waals surface area contributed by atoms with Crippen molar-refractivity contribution in [3.63, 3.8) is 0 Å². The highest BCUT2D eigenvalue weighted by molar-refractivity contribution is 7.20. The molecule has 112 valence electrons. The second-order valence-corrected chi connectivity index (χ2v) is 6.63. The molecule has 4 aromatic rings. The molecule has 0 spiro atoms. The highest BCUT2D eigenvalue weighted by Gasteiger charge is 2.16. The fourth-order valence-corrected chi connectivity index (χ4v) is 3.79. The van der Waals surface area contributed by atoms with Gasteiger partial charge in [0.15, 0.2) is 0 Å². The molecule has 0 N–H and O–H groups in total. The molecule has 23 heavy (non-hydrogen) atoms. The Morgan fingerprint density at radius 1 is 0.826 bits per heavy atom. The van der Waals surface area contributed by atoms with E-state index in [1.165, 1.54) is 5.39 Å². The zero-order chi connectivity index (χ0) is 15.8. The van der Waals surface area contributed by atoms with E-state index in [9.17, 15) is 4.79 Å². The lowest BCUT2D eigenvalue weighted by Crippen LogP contribution is -2.25. The summed E-state index contributed by atoms with van der Waals surface area (Å²) < 4.78 is 1.14. The smallest absolute Gasteiger partial charge is 0.268 e. The number of hydrogen-bond acceptors (Lipinski definition) is 2. The normalized spacial score (nSPS) is 11.0. The van der Waals surface area contributed by atoms with E-state index in [-0.39, 0.29) is 5.91 Å². The van der Waals surface area contributed by atoms with Crippen molar-refractivity contribution in [3.8, 4) is 0 Å². The van der Waals surface area contributed by atoms with E-state index in [0.29, 0.717) is 0 Å². The maximum atomic E-state index is 12.8. The number of nitrogens with zero attached hydrogens (tertiary/aromatic N) is 1. The fraction of sp³-hybridized carbons (Fsp3) is 0.0500. The van der Waals surface area contributed by atoms with Crippen LogP contribution >= 0.6 is 11.3 Å². The van der Waals surface area contributed by atoms with Gasteiger partial charge in [0.25, 0.3) is 5.91 Å². The number of amides is 1. The number of fused-ring (bicyclic) bond motifs is 2. The molecule has 0 aliphatic rings. The number of hydrogen-bond donors (Lipinski definition) is 0. The molecule has 0 unspecified atom stereocenters. The predicted octanol–water partition coefficient (Wildman–Crippen LogP) is 5.33. The van der Waals surface area contributed by atoms with Crippen LogP contribution in [0.1, 0.15) is 9.67 Å². The van der Waals surface area contributed by atoms with Crippen LogP contribution in [0.2, 0.25) is 0 Å². The zero-order valence-electron chi connectivity index (χ0n) is 12.7. The summed E-state index contributed by atoms with van der Waals surface area (Å²) >= 11 is 1.54. The Balaban J connectivity index is 1.71. The largest absolute Gasteiger partial charge is 0.311 e. The third-order valence-electron chi connectivity index (χ3n) is 4.06. The van der Waals surface area contributed by atoms with E-state index < -0.39 is 0 Å². The predicted molar refractivity (Wildman–Crippen MR) is 98.5 cm³/mol. The van der Waals surface area contributed by atoms with Gasteiger partial charge in [0.1, 0.15) is 0 Å². The van der Waals surface area contributed by atoms with Crippen LogP contribution in [0.5, 0.6) is 0 Å². The van der Waals surface area contributed by atoms with Crippen LogP contribution < -0.4 is 4.90 Å². The van der Waals surface area contributed by atoms with E-state index in [1.54, 1.807) is 16.2 Å². The highest BCUT2D eigenvalue weighted by atomic mass is 32.1. The number of rotatable bonds is 2. The van der Waals surface area contributed by atoms with Gasteiger partial charge in [-0.15, -0.1) is 11.3 Å². The molecule has 1 heterocycles. The van der Waals surface area contributed by atoms with Crippen LogP contribution in [0, 0.1) is 0 Å². The summed E-state index contributed by atoms with van der Waals surface area (Å²) in [6.45, 7) is 0. The fourth-order valence-electron chi connectivity index (χ4n) is 2.76. The third kappa shape index (κ3) is 2.49. The van der Waals surface area contributed by atoms with Crippen molar-refractivity contribution in [2.24, 2.45) is 0 Å². The Kier molecular flexibility index (Phi) is 3.36. The molecular weight excluding hydrogens is 302 g/mol. The van der Waals surface area contributed by atoms with Crippen LogP contribution in [0.15, 0.2) is 72.8 Å². The molecule has 2 nitrogen and oxygen atoms in total. The van der Waals surface area contributed by atoms with Crippen molar-refractivity contribution in [1.29, 1.82) is 0 Å². The van der Waals surface area contributed by atoms with Gasteiger partial charge < -0.3 is 4.90 Å². The molecule has 0 aliphatic carbocycles. The molecule has 1 amide bonds. The van der Waals surface area contributed by atoms with Gasteiger partial charge in [-0.05, 0) is 40.4 Å². The Bertz CT molecular complexity index is 985. The van der Waals surface area contributed by atoms with Crippen molar-refractivity contribution < 1.29 is 4.79 Å². The number of carbonyl (C=O) groups is 1. The van der Waals surface area contributed by atoms with Gasteiger partial charge in [0.05, 0.1) is 4.88 Å². The van der Waals surface area contributed by atoms with Gasteiger partial charge >= 0.3 is 0 Å². The van der Waals surface area contributed by atoms with Gasteiger partial charge in [-0.25, -0.2) is 0 Å². The van der Waals surface area contributed by atoms with E-state index in [1.807, 2.05) is 55.6 Å². The molecule has 0 radical (unpaired) electrons. The lowest BCUT2D eigenvalue weighted by atomic mass is 10.1. The van der Waals surface area contributed by atoms with Crippen molar-refractivity contribution in [2.75, 3.05) is 11.9 Å². The molecule has 0 bridgehead atoms. The molecule has 0 aliphatic heterocycles. The summed E-state index contributed by atoms with van der Waals surface area (Å²) in [6, 6.07) is 24.3. The molecule has 0 atom stereocenters. The summed E-state index contributed by atoms with van der Waals surface area (Å²) in [4.78, 5) is 15.3. The Morgan fingerprint density at radius 2 is 1.52 bits per heavy atom. The van der Waals surface area contributed by atoms with Crippen molar-refractivity contribution in [3.05, 3.63) is 77.7 Å². The quantitative estimate of drug-likeness (QED) is 0.489. The average molecular weight is 317 g/mol. The van der Waals surface area contributed by atoms with Gasteiger partial charge in [-0.2, -0.15) is 0 Å². The van der Waals surface area contributed by atoms with Crippen LogP contribution in [0.3, 0.4) is 0 Å². The van der Waals surface area contributed by atoms with Crippen LogP contribution in [0.25, 0.3) is 20.9 Å². The Labute approximate surface area is 138 Å². The zero-order valence-corrected chi connectivity index (χ0v) is 13.5. The SMILES string of the molecule is CN(C(=O)c1cc2ccccc2s1)c1ccc2ccccc2c1. The van der Waals surface area contributed by atoms with E-state index in [0.717, 1.165) is 26.0 Å². The van der Waals surface area contributed by atoms with E-state index in [4.69, 9.17) is 0 Å². The molecule has 0 saturated heterocycles. The van der Waals surface area contributed by atoms with Crippen molar-refractivity contribution in [2.45, 2.75) is 0 Å². The summed E-state index contributed by atoms with van der Waals surface area (Å²) in [5, 5.41) is 3.44. The maximum absolute atomic E-state index is 12.8. The van der Waals surface area contributed by atoms with Crippen LogP contribution in [0.4, 0.5) is 5.69 Å². The highest BCUT2D eigenvalue weighted by Crippen LogP contribution is 2.28. The number of anilines is 1. The first kappa shape index (κ1) is 14.0. The third-order valence-corrected chi connectivity index (χ3v) is 5.17. The molecule has 3 heteroatoms. The van der Waals surface area contributed by atoms with Gasteiger partial charge in [0, 0.05) is 17.4 Å². The number of carbonyl (C=O) groups excluding carboxylic acids is 1. The summed E-state index contributed by atoms with van der Waals surface area (Å²) in [5.41, 5.74) is 0.908. The summed E-state index contributed by atoms with van der Waals surface area (Å²) in [6.07, 6.45) is 0. The van der Waals surface area contributed by atoms with Crippen LogP contribution in [-0.2, 0) is 0 Å². The Hall–Kier alpha value is -2.65. The van der Waals surface area contributed by atoms with Gasteiger partial charge in [-0.1, -0.05) is 48.5 Å². The van der Waals surface area contributed by atoms with Gasteiger partial charge in [0.2, 0.25) is 0 Å². The molecule has 0 fully saturated rings. The molecule has 3 aromatic carbocycles. The van der Waals surface area contributed by atoms with E-state index in [2.05, 4.69) is 24.3 Å². The van der Waals surface area contributed by atoms with Crippen molar-refractivity contribution in [1.82, 2.24) is 0 Å². The Morgan fingerprint density at radius 3 is 2.30 bits per heavy atom. The topological polar surface area (TPSA) is 20.3 Å². The first-order chi connectivity index (χ1) is 11.2. The lowest BCUT2D eigenvalue weighted by molar-refractivity contribution is 0.0997. The average Bonchev–Trinajstić information content (AvgIpc) is 3.04. The first-order valence-corrected chi connectivity index (χ1v) is 8.29. The van der Waals surface area contributed by atoms with E-state index >= 15 is 0 Å². The molecule has 0 saturated carbocycles. The minimum atomic E-state index is 0.0291. The maximum Gasteiger partial charge on any atom is 0.268 e. The van der Waals surface area contributed by atoms with Gasteiger partial charge in [-0.3, -0.25) is 4.79 Å². The number of benzene rings is 3. The molecule has 4 rings (SSSR count). The van der Waals surface area contributed by atoms with Crippen LogP contribution in [-0.4, -0.2) is 13.0 Å². The minimum Gasteiger partial charge on any atom is -0.311 e. The van der Waals surface area contributed by atoms with Crippen molar-refractivity contribution >= 4 is 43.8 Å². The molecular formula is C20H15NOS. The molecule has 1 aromatic heterocycles. The number of thiophene rings is 1. The lowest BCUT2D eigenvalue weighted by Gasteiger charge is -2.17. The second-order valence-electron chi connectivity index (χ2n) is 5.54. The summed E-state index contributed by atoms with van der Waals surface area (Å²) in [7, 11) is 1.83. The first-order valence-electron chi connectivity index (χ1n) is 7.48. The second kappa shape index (κ2) is 5.52. The minimum absolute atomic E-state index is 0.0291. The monoisotopic (exact) mass is 317 g/mol. The standard InChI is InChI=1S/C20H15NOS/c1-21(17-11-10-14-6-2-3-7-15(14)12-17)20(22)19-13-16-8-4-5-9-18(16)23-19/h2-13H,1H3. The summed E-state index contributed by atoms with van der Waals surface area (Å²) in [5.74, 6) is 0.0291.